The van der Waals surface area contributed by atoms with Crippen LogP contribution in [0.25, 0.3) is 0 Å². The Morgan fingerprint density at radius 3 is 3.20 bits per heavy atom. The summed E-state index contributed by atoms with van der Waals surface area (Å²) in [7, 11) is 1.96. The van der Waals surface area contributed by atoms with Crippen LogP contribution in [-0.2, 0) is 18.3 Å². The molecule has 1 aromatic rings. The second-order valence-corrected chi connectivity index (χ2v) is 4.11. The molecule has 82 valence electrons. The molecule has 2 heterocycles. The number of Topliss-reactive ketones (excluding diaryl/α,β-unsaturated/α-hetero) is 1. The van der Waals surface area contributed by atoms with Gasteiger partial charge in [0.1, 0.15) is 11.6 Å². The highest BCUT2D eigenvalue weighted by Gasteiger charge is 2.21. The molecule has 15 heavy (non-hydrogen) atoms. The van der Waals surface area contributed by atoms with Crippen molar-refractivity contribution in [3.05, 3.63) is 18.2 Å². The Morgan fingerprint density at radius 1 is 1.73 bits per heavy atom. The molecule has 0 radical (unpaired) electrons. The molecule has 1 aliphatic heterocycles. The van der Waals surface area contributed by atoms with Gasteiger partial charge in [-0.1, -0.05) is 0 Å². The first-order chi connectivity index (χ1) is 7.27. The van der Waals surface area contributed by atoms with Crippen molar-refractivity contribution in [2.75, 3.05) is 13.1 Å². The summed E-state index contributed by atoms with van der Waals surface area (Å²) >= 11 is 0. The lowest BCUT2D eigenvalue weighted by Crippen LogP contribution is -2.18. The van der Waals surface area contributed by atoms with Gasteiger partial charge in [0.05, 0.1) is 0 Å². The van der Waals surface area contributed by atoms with Crippen molar-refractivity contribution in [2.45, 2.75) is 19.3 Å². The number of nitrogens with one attached hydrogen (secondary N) is 1. The van der Waals surface area contributed by atoms with Crippen LogP contribution < -0.4 is 5.32 Å². The van der Waals surface area contributed by atoms with Gasteiger partial charge in [-0.3, -0.25) is 4.79 Å². The molecule has 0 saturated carbocycles. The van der Waals surface area contributed by atoms with Gasteiger partial charge in [0.2, 0.25) is 0 Å². The molecule has 1 saturated heterocycles. The van der Waals surface area contributed by atoms with E-state index in [4.69, 9.17) is 0 Å². The molecule has 0 amide bonds. The number of carbonyl (C=O) groups is 1. The van der Waals surface area contributed by atoms with Crippen molar-refractivity contribution >= 4 is 5.78 Å². The third kappa shape index (κ3) is 2.45. The Balaban J connectivity index is 1.83. The van der Waals surface area contributed by atoms with Gasteiger partial charge in [-0.15, -0.1) is 0 Å². The van der Waals surface area contributed by atoms with E-state index >= 15 is 0 Å². The second-order valence-electron chi connectivity index (χ2n) is 4.11. The van der Waals surface area contributed by atoms with E-state index in [0.717, 1.165) is 31.8 Å². The average molecular weight is 207 g/mol. The number of nitrogens with zero attached hydrogens (tertiary/aromatic N) is 2. The van der Waals surface area contributed by atoms with Crippen molar-refractivity contribution in [1.82, 2.24) is 14.9 Å². The molecule has 0 spiro atoms. The van der Waals surface area contributed by atoms with Gasteiger partial charge in [-0.05, 0) is 13.0 Å². The number of imidazole rings is 1. The summed E-state index contributed by atoms with van der Waals surface area (Å²) in [5.41, 5.74) is 0. The van der Waals surface area contributed by atoms with Crippen molar-refractivity contribution < 1.29 is 4.79 Å². The van der Waals surface area contributed by atoms with Gasteiger partial charge in [0.15, 0.2) is 0 Å². The molecule has 2 rings (SSSR count). The van der Waals surface area contributed by atoms with Crippen molar-refractivity contribution in [2.24, 2.45) is 13.0 Å². The third-order valence-corrected chi connectivity index (χ3v) is 3.03. The normalized spacial score (nSPS) is 20.7. The first kappa shape index (κ1) is 10.4. The first-order valence-electron chi connectivity index (χ1n) is 5.47. The number of ketones is 1. The van der Waals surface area contributed by atoms with Crippen molar-refractivity contribution in [3.8, 4) is 0 Å². The highest BCUT2D eigenvalue weighted by atomic mass is 16.1. The van der Waals surface area contributed by atoms with E-state index in [-0.39, 0.29) is 5.92 Å². The summed E-state index contributed by atoms with van der Waals surface area (Å²) in [4.78, 5) is 16.0. The van der Waals surface area contributed by atoms with E-state index < -0.39 is 0 Å². The Labute approximate surface area is 89.7 Å². The number of aryl methyl sites for hydroxylation is 2. The van der Waals surface area contributed by atoms with Gasteiger partial charge in [-0.2, -0.15) is 0 Å². The maximum Gasteiger partial charge on any atom is 0.137 e. The predicted octanol–water partition coefficient (Wildman–Crippen LogP) is 0.531. The highest BCUT2D eigenvalue weighted by molar-refractivity contribution is 5.81. The molecule has 1 atom stereocenters. The minimum Gasteiger partial charge on any atom is -0.338 e. The van der Waals surface area contributed by atoms with Crippen LogP contribution >= 0.6 is 0 Å². The molecule has 0 bridgehead atoms. The van der Waals surface area contributed by atoms with E-state index in [9.17, 15) is 4.79 Å². The van der Waals surface area contributed by atoms with Crippen molar-refractivity contribution in [3.63, 3.8) is 0 Å². The van der Waals surface area contributed by atoms with Gasteiger partial charge < -0.3 is 9.88 Å². The Hall–Kier alpha value is -1.16. The zero-order valence-electron chi connectivity index (χ0n) is 9.07. The fourth-order valence-electron chi connectivity index (χ4n) is 2.01. The molecule has 1 unspecified atom stereocenters. The van der Waals surface area contributed by atoms with Crippen LogP contribution in [0.5, 0.6) is 0 Å². The molecular weight excluding hydrogens is 190 g/mol. The third-order valence-electron chi connectivity index (χ3n) is 3.03. The monoisotopic (exact) mass is 207 g/mol. The standard InChI is InChI=1S/C11H17N3O/c1-14-7-6-13-11(14)3-2-10(15)9-4-5-12-8-9/h6-7,9,12H,2-5,8H2,1H3. The molecule has 1 aliphatic rings. The smallest absolute Gasteiger partial charge is 0.137 e. The van der Waals surface area contributed by atoms with Crippen LogP contribution in [0.1, 0.15) is 18.7 Å². The Kier molecular flexibility index (Phi) is 3.16. The molecular formula is C11H17N3O. The van der Waals surface area contributed by atoms with E-state index in [0.29, 0.717) is 12.2 Å². The summed E-state index contributed by atoms with van der Waals surface area (Å²) < 4.78 is 1.97. The van der Waals surface area contributed by atoms with Crippen LogP contribution in [0.15, 0.2) is 12.4 Å². The van der Waals surface area contributed by atoms with E-state index in [1.165, 1.54) is 0 Å². The predicted molar refractivity (Wildman–Crippen MR) is 57.5 cm³/mol. The van der Waals surface area contributed by atoms with Crippen LogP contribution in [0.2, 0.25) is 0 Å². The molecule has 1 aromatic heterocycles. The largest absolute Gasteiger partial charge is 0.338 e. The fourth-order valence-corrected chi connectivity index (χ4v) is 2.01. The summed E-state index contributed by atoms with van der Waals surface area (Å²) in [6.07, 6.45) is 6.07. The lowest BCUT2D eigenvalue weighted by molar-refractivity contribution is -0.122. The summed E-state index contributed by atoms with van der Waals surface area (Å²) in [6.45, 7) is 1.85. The first-order valence-corrected chi connectivity index (χ1v) is 5.47. The minimum atomic E-state index is 0.241. The molecule has 1 N–H and O–H groups in total. The number of rotatable bonds is 4. The summed E-state index contributed by atoms with van der Waals surface area (Å²) in [5.74, 6) is 1.61. The minimum absolute atomic E-state index is 0.241. The SMILES string of the molecule is Cn1ccnc1CCC(=O)C1CCNC1. The van der Waals surface area contributed by atoms with Crippen LogP contribution in [0.3, 0.4) is 0 Å². The van der Waals surface area contributed by atoms with Crippen LogP contribution in [0, 0.1) is 5.92 Å². The molecule has 4 nitrogen and oxygen atoms in total. The van der Waals surface area contributed by atoms with Gasteiger partial charge in [-0.25, -0.2) is 4.98 Å². The number of hydrogen-bond acceptors (Lipinski definition) is 3. The van der Waals surface area contributed by atoms with Gasteiger partial charge in [0, 0.05) is 44.7 Å². The lowest BCUT2D eigenvalue weighted by Gasteiger charge is -2.06. The highest BCUT2D eigenvalue weighted by Crippen LogP contribution is 2.12. The van der Waals surface area contributed by atoms with Crippen LogP contribution in [0.4, 0.5) is 0 Å². The van der Waals surface area contributed by atoms with Crippen LogP contribution in [-0.4, -0.2) is 28.4 Å². The van der Waals surface area contributed by atoms with Gasteiger partial charge >= 0.3 is 0 Å². The Bertz CT molecular complexity index is 339. The average Bonchev–Trinajstić information content (AvgIpc) is 2.85. The Morgan fingerprint density at radius 2 is 2.60 bits per heavy atom. The fraction of sp³-hybridized carbons (Fsp3) is 0.636. The van der Waals surface area contributed by atoms with E-state index in [1.54, 1.807) is 6.20 Å². The van der Waals surface area contributed by atoms with E-state index in [2.05, 4.69) is 10.3 Å². The number of hydrogen-bond donors (Lipinski definition) is 1. The lowest BCUT2D eigenvalue weighted by atomic mass is 9.99. The van der Waals surface area contributed by atoms with E-state index in [1.807, 2.05) is 17.8 Å². The maximum absolute atomic E-state index is 11.8. The molecule has 0 aromatic carbocycles. The number of carbonyl (C=O) groups excluding carboxylic acids is 1. The molecule has 0 aliphatic carbocycles. The summed E-state index contributed by atoms with van der Waals surface area (Å²) in [5, 5.41) is 3.22. The zero-order chi connectivity index (χ0) is 10.7. The topological polar surface area (TPSA) is 46.9 Å². The van der Waals surface area contributed by atoms with Crippen molar-refractivity contribution in [1.29, 1.82) is 0 Å². The second kappa shape index (κ2) is 4.57. The number of aromatic nitrogens is 2. The molecule has 1 fully saturated rings. The molecule has 4 heteroatoms. The quantitative estimate of drug-likeness (QED) is 0.783. The maximum atomic E-state index is 11.8. The summed E-state index contributed by atoms with van der Waals surface area (Å²) in [6, 6.07) is 0. The van der Waals surface area contributed by atoms with Gasteiger partial charge in [0.25, 0.3) is 0 Å². The zero-order valence-corrected chi connectivity index (χ0v) is 9.07.